The van der Waals surface area contributed by atoms with E-state index in [-0.39, 0.29) is 24.0 Å². The van der Waals surface area contributed by atoms with Crippen LogP contribution in [-0.4, -0.2) is 57.4 Å². The van der Waals surface area contributed by atoms with Crippen LogP contribution in [-0.2, 0) is 20.0 Å². The van der Waals surface area contributed by atoms with Crippen LogP contribution in [0.15, 0.2) is 35.5 Å². The Balaban J connectivity index is 0.00000392. The van der Waals surface area contributed by atoms with Gasteiger partial charge in [0.25, 0.3) is 0 Å². The van der Waals surface area contributed by atoms with Crippen molar-refractivity contribution >= 4 is 29.9 Å². The molecule has 0 radical (unpaired) electrons. The number of halogens is 1. The van der Waals surface area contributed by atoms with Crippen molar-refractivity contribution in [1.82, 2.24) is 14.8 Å². The molecular formula is C20H31IN4O3. The standard InChI is InChI=1S/C20H30N4O3.HI/c1-21-20(24(3)14-15-8-7-11-23(15)2)22-10-9-17-18(26-5)12-16(25-4)13-19(17)27-6;/h7-8,11-13H,9-10,14H2,1-6H3,(H,21,22);1H. The van der Waals surface area contributed by atoms with Crippen molar-refractivity contribution in [2.24, 2.45) is 12.0 Å². The van der Waals surface area contributed by atoms with Gasteiger partial charge in [-0.1, -0.05) is 0 Å². The zero-order valence-corrected chi connectivity index (χ0v) is 19.8. The predicted molar refractivity (Wildman–Crippen MR) is 123 cm³/mol. The van der Waals surface area contributed by atoms with Crippen LogP contribution >= 0.6 is 24.0 Å². The maximum atomic E-state index is 5.51. The smallest absolute Gasteiger partial charge is 0.193 e. The number of hydrogen-bond donors (Lipinski definition) is 1. The summed E-state index contributed by atoms with van der Waals surface area (Å²) in [5.41, 5.74) is 2.22. The highest BCUT2D eigenvalue weighted by Gasteiger charge is 2.14. The SMILES string of the molecule is CN=C(NCCc1c(OC)cc(OC)cc1OC)N(C)Cc1cccn1C.I. The molecule has 1 aromatic heterocycles. The number of aliphatic imine (C=N–C) groups is 1. The van der Waals surface area contributed by atoms with Crippen LogP contribution in [0.3, 0.4) is 0 Å². The van der Waals surface area contributed by atoms with Crippen LogP contribution in [0.25, 0.3) is 0 Å². The molecule has 0 aliphatic rings. The molecular weight excluding hydrogens is 471 g/mol. The number of benzene rings is 1. The van der Waals surface area contributed by atoms with E-state index >= 15 is 0 Å². The fourth-order valence-electron chi connectivity index (χ4n) is 2.99. The quantitative estimate of drug-likeness (QED) is 0.342. The largest absolute Gasteiger partial charge is 0.496 e. The fourth-order valence-corrected chi connectivity index (χ4v) is 2.99. The van der Waals surface area contributed by atoms with E-state index < -0.39 is 0 Å². The normalized spacial score (nSPS) is 10.9. The number of guanidine groups is 1. The van der Waals surface area contributed by atoms with Crippen molar-refractivity contribution in [3.8, 4) is 17.2 Å². The summed E-state index contributed by atoms with van der Waals surface area (Å²) < 4.78 is 18.4. The molecule has 7 nitrogen and oxygen atoms in total. The average molecular weight is 502 g/mol. The van der Waals surface area contributed by atoms with Gasteiger partial charge in [-0.2, -0.15) is 0 Å². The summed E-state index contributed by atoms with van der Waals surface area (Å²) in [6.45, 7) is 1.47. The van der Waals surface area contributed by atoms with Crippen LogP contribution in [0.5, 0.6) is 17.2 Å². The van der Waals surface area contributed by atoms with Crippen molar-refractivity contribution in [1.29, 1.82) is 0 Å². The summed E-state index contributed by atoms with van der Waals surface area (Å²) in [5, 5.41) is 3.41. The highest BCUT2D eigenvalue weighted by molar-refractivity contribution is 14.0. The zero-order valence-electron chi connectivity index (χ0n) is 17.5. The third kappa shape index (κ3) is 5.95. The van der Waals surface area contributed by atoms with Crippen LogP contribution in [0.2, 0.25) is 0 Å². The molecule has 0 saturated heterocycles. The van der Waals surface area contributed by atoms with Crippen molar-refractivity contribution < 1.29 is 14.2 Å². The van der Waals surface area contributed by atoms with E-state index in [9.17, 15) is 0 Å². The molecule has 8 heteroatoms. The van der Waals surface area contributed by atoms with E-state index in [0.29, 0.717) is 12.3 Å². The molecule has 2 rings (SSSR count). The van der Waals surface area contributed by atoms with Crippen LogP contribution < -0.4 is 19.5 Å². The van der Waals surface area contributed by atoms with Gasteiger partial charge in [0.15, 0.2) is 5.96 Å². The molecule has 0 bridgehead atoms. The molecule has 0 unspecified atom stereocenters. The lowest BCUT2D eigenvalue weighted by Crippen LogP contribution is -2.39. The van der Waals surface area contributed by atoms with Crippen LogP contribution in [0.1, 0.15) is 11.3 Å². The lowest BCUT2D eigenvalue weighted by molar-refractivity contribution is 0.368. The van der Waals surface area contributed by atoms with Crippen molar-refractivity contribution in [3.63, 3.8) is 0 Å². The van der Waals surface area contributed by atoms with Gasteiger partial charge in [-0.05, 0) is 18.6 Å². The summed E-state index contributed by atoms with van der Waals surface area (Å²) in [7, 11) is 10.8. The van der Waals surface area contributed by atoms with Crippen molar-refractivity contribution in [3.05, 3.63) is 41.7 Å². The van der Waals surface area contributed by atoms with Gasteiger partial charge in [-0.15, -0.1) is 24.0 Å². The van der Waals surface area contributed by atoms with Gasteiger partial charge < -0.3 is 29.0 Å². The zero-order chi connectivity index (χ0) is 19.8. The molecule has 2 aromatic rings. The van der Waals surface area contributed by atoms with E-state index in [2.05, 4.69) is 25.8 Å². The molecule has 0 saturated carbocycles. The first-order chi connectivity index (χ1) is 13.0. The summed E-state index contributed by atoms with van der Waals surface area (Å²) in [6, 6.07) is 7.89. The molecule has 0 aliphatic carbocycles. The van der Waals surface area contributed by atoms with Gasteiger partial charge in [-0.3, -0.25) is 4.99 Å². The Morgan fingerprint density at radius 3 is 2.25 bits per heavy atom. The molecule has 28 heavy (non-hydrogen) atoms. The molecule has 0 aliphatic heterocycles. The first-order valence-corrected chi connectivity index (χ1v) is 8.84. The summed E-state index contributed by atoms with van der Waals surface area (Å²) >= 11 is 0. The maximum absolute atomic E-state index is 5.51. The molecule has 0 fully saturated rings. The van der Waals surface area contributed by atoms with Crippen molar-refractivity contribution in [2.45, 2.75) is 13.0 Å². The summed E-state index contributed by atoms with van der Waals surface area (Å²) in [5.74, 6) is 3.04. The Bertz CT molecular complexity index is 752. The van der Waals surface area contributed by atoms with Gasteiger partial charge in [0.05, 0.1) is 27.9 Å². The average Bonchev–Trinajstić information content (AvgIpc) is 3.09. The van der Waals surface area contributed by atoms with Gasteiger partial charge in [0.1, 0.15) is 17.2 Å². The van der Waals surface area contributed by atoms with E-state index in [1.165, 1.54) is 5.69 Å². The third-order valence-electron chi connectivity index (χ3n) is 4.50. The molecule has 1 heterocycles. The minimum Gasteiger partial charge on any atom is -0.496 e. The van der Waals surface area contributed by atoms with E-state index in [0.717, 1.165) is 36.0 Å². The number of methoxy groups -OCH3 is 3. The van der Waals surface area contributed by atoms with E-state index in [1.807, 2.05) is 38.5 Å². The Labute approximate surface area is 184 Å². The molecule has 1 aromatic carbocycles. The molecule has 0 atom stereocenters. The fraction of sp³-hybridized carbons (Fsp3) is 0.450. The van der Waals surface area contributed by atoms with E-state index in [4.69, 9.17) is 14.2 Å². The van der Waals surface area contributed by atoms with Gasteiger partial charge >= 0.3 is 0 Å². The molecule has 0 spiro atoms. The minimum absolute atomic E-state index is 0. The number of aryl methyl sites for hydroxylation is 1. The lowest BCUT2D eigenvalue weighted by atomic mass is 10.1. The summed E-state index contributed by atoms with van der Waals surface area (Å²) in [4.78, 5) is 6.48. The minimum atomic E-state index is 0. The van der Waals surface area contributed by atoms with E-state index in [1.54, 1.807) is 28.4 Å². The highest BCUT2D eigenvalue weighted by Crippen LogP contribution is 2.34. The monoisotopic (exact) mass is 502 g/mol. The number of ether oxygens (including phenoxy) is 3. The lowest BCUT2D eigenvalue weighted by Gasteiger charge is -2.23. The number of nitrogens with one attached hydrogen (secondary N) is 1. The molecule has 0 amide bonds. The first kappa shape index (κ1) is 23.9. The van der Waals surface area contributed by atoms with Gasteiger partial charge in [-0.25, -0.2) is 0 Å². The Morgan fingerprint density at radius 2 is 1.79 bits per heavy atom. The Kier molecular flexibility index (Phi) is 9.98. The number of hydrogen-bond acceptors (Lipinski definition) is 4. The molecule has 156 valence electrons. The second kappa shape index (κ2) is 11.7. The topological polar surface area (TPSA) is 60.3 Å². The maximum Gasteiger partial charge on any atom is 0.193 e. The first-order valence-electron chi connectivity index (χ1n) is 8.84. The number of nitrogens with zero attached hydrogens (tertiary/aromatic N) is 3. The van der Waals surface area contributed by atoms with Gasteiger partial charge in [0.2, 0.25) is 0 Å². The number of rotatable bonds is 8. The molecule has 1 N–H and O–H groups in total. The summed E-state index contributed by atoms with van der Waals surface area (Å²) in [6.07, 6.45) is 2.77. The van der Waals surface area contributed by atoms with Crippen LogP contribution in [0.4, 0.5) is 0 Å². The second-order valence-corrected chi connectivity index (χ2v) is 6.20. The van der Waals surface area contributed by atoms with Crippen molar-refractivity contribution in [2.75, 3.05) is 42.0 Å². The highest BCUT2D eigenvalue weighted by atomic mass is 127. The third-order valence-corrected chi connectivity index (χ3v) is 4.50. The predicted octanol–water partition coefficient (Wildman–Crippen LogP) is 2.92. The van der Waals surface area contributed by atoms with Crippen LogP contribution in [0, 0.1) is 0 Å². The Hall–Kier alpha value is -2.10. The second-order valence-electron chi connectivity index (χ2n) is 6.20. The number of aromatic nitrogens is 1. The Morgan fingerprint density at radius 1 is 1.14 bits per heavy atom. The van der Waals surface area contributed by atoms with Gasteiger partial charge in [0, 0.05) is 57.3 Å².